The number of rotatable bonds is 4. The Bertz CT molecular complexity index is 365. The van der Waals surface area contributed by atoms with Crippen molar-refractivity contribution in [2.75, 3.05) is 0 Å². The highest BCUT2D eigenvalue weighted by Gasteiger charge is 2.41. The first-order chi connectivity index (χ1) is 7.25. The highest BCUT2D eigenvalue weighted by molar-refractivity contribution is 5.35. The second-order valence-electron chi connectivity index (χ2n) is 4.83. The van der Waals surface area contributed by atoms with Crippen molar-refractivity contribution in [2.45, 2.75) is 43.8 Å². The maximum atomic E-state index is 9.90. The summed E-state index contributed by atoms with van der Waals surface area (Å²) < 4.78 is 5.82. The monoisotopic (exact) mass is 204 g/mol. The highest BCUT2D eigenvalue weighted by atomic mass is 16.5. The van der Waals surface area contributed by atoms with Crippen LogP contribution in [0.15, 0.2) is 24.3 Å². The molecule has 0 radical (unpaired) electrons. The van der Waals surface area contributed by atoms with Gasteiger partial charge in [-0.05, 0) is 37.3 Å². The fourth-order valence-electron chi connectivity index (χ4n) is 1.81. The molecule has 2 saturated carbocycles. The molecule has 2 aliphatic rings. The van der Waals surface area contributed by atoms with E-state index >= 15 is 0 Å². The SMILES string of the molecule is OC1(Cc2ccccc2OC2CC2)CC1. The minimum atomic E-state index is -0.428. The Labute approximate surface area is 89.9 Å². The van der Waals surface area contributed by atoms with Gasteiger partial charge in [-0.1, -0.05) is 18.2 Å². The van der Waals surface area contributed by atoms with E-state index in [1.54, 1.807) is 0 Å². The van der Waals surface area contributed by atoms with Crippen LogP contribution in [0, 0.1) is 0 Å². The standard InChI is InChI=1S/C13H16O2/c14-13(7-8-13)9-10-3-1-2-4-12(10)15-11-5-6-11/h1-4,11,14H,5-9H2. The van der Waals surface area contributed by atoms with Crippen LogP contribution in [-0.4, -0.2) is 16.8 Å². The van der Waals surface area contributed by atoms with Crippen molar-refractivity contribution in [3.63, 3.8) is 0 Å². The van der Waals surface area contributed by atoms with Gasteiger partial charge in [-0.2, -0.15) is 0 Å². The lowest BCUT2D eigenvalue weighted by Crippen LogP contribution is -2.12. The molecule has 15 heavy (non-hydrogen) atoms. The van der Waals surface area contributed by atoms with E-state index in [9.17, 15) is 5.11 Å². The van der Waals surface area contributed by atoms with E-state index in [-0.39, 0.29) is 0 Å². The zero-order chi connectivity index (χ0) is 10.3. The lowest BCUT2D eigenvalue weighted by molar-refractivity contribution is 0.149. The van der Waals surface area contributed by atoms with Crippen LogP contribution < -0.4 is 4.74 Å². The quantitative estimate of drug-likeness (QED) is 0.815. The Morgan fingerprint density at radius 3 is 2.67 bits per heavy atom. The summed E-state index contributed by atoms with van der Waals surface area (Å²) in [6.07, 6.45) is 5.41. The van der Waals surface area contributed by atoms with Crippen LogP contribution in [0.2, 0.25) is 0 Å². The summed E-state index contributed by atoms with van der Waals surface area (Å²) in [7, 11) is 0. The molecule has 0 unspecified atom stereocenters. The molecule has 0 atom stereocenters. The average molecular weight is 204 g/mol. The van der Waals surface area contributed by atoms with Gasteiger partial charge in [-0.3, -0.25) is 0 Å². The predicted octanol–water partition coefficient (Wildman–Crippen LogP) is 2.30. The number of benzene rings is 1. The van der Waals surface area contributed by atoms with Gasteiger partial charge in [0, 0.05) is 6.42 Å². The molecule has 2 nitrogen and oxygen atoms in total. The number of para-hydroxylation sites is 1. The molecule has 0 aromatic heterocycles. The van der Waals surface area contributed by atoms with Gasteiger partial charge < -0.3 is 9.84 Å². The summed E-state index contributed by atoms with van der Waals surface area (Å²) >= 11 is 0. The van der Waals surface area contributed by atoms with Crippen molar-refractivity contribution < 1.29 is 9.84 Å². The lowest BCUT2D eigenvalue weighted by atomic mass is 10.1. The largest absolute Gasteiger partial charge is 0.490 e. The second-order valence-corrected chi connectivity index (χ2v) is 4.83. The molecule has 0 bridgehead atoms. The molecule has 3 rings (SSSR count). The van der Waals surface area contributed by atoms with E-state index in [1.165, 1.54) is 12.8 Å². The first-order valence-electron chi connectivity index (χ1n) is 5.72. The minimum absolute atomic E-state index is 0.428. The van der Waals surface area contributed by atoms with E-state index in [2.05, 4.69) is 6.07 Å². The van der Waals surface area contributed by atoms with Crippen LogP contribution >= 0.6 is 0 Å². The molecule has 2 fully saturated rings. The molecule has 0 amide bonds. The van der Waals surface area contributed by atoms with Crippen molar-refractivity contribution in [3.8, 4) is 5.75 Å². The summed E-state index contributed by atoms with van der Waals surface area (Å²) in [6.45, 7) is 0. The molecule has 2 aliphatic carbocycles. The fraction of sp³-hybridized carbons (Fsp3) is 0.538. The summed E-state index contributed by atoms with van der Waals surface area (Å²) in [5.41, 5.74) is 0.729. The van der Waals surface area contributed by atoms with Gasteiger partial charge in [0.25, 0.3) is 0 Å². The molecular formula is C13H16O2. The van der Waals surface area contributed by atoms with Crippen molar-refractivity contribution in [1.82, 2.24) is 0 Å². The lowest BCUT2D eigenvalue weighted by Gasteiger charge is -2.13. The second kappa shape index (κ2) is 3.24. The fourth-order valence-corrected chi connectivity index (χ4v) is 1.81. The third-order valence-electron chi connectivity index (χ3n) is 3.14. The molecule has 0 saturated heterocycles. The van der Waals surface area contributed by atoms with E-state index in [1.807, 2.05) is 18.2 Å². The molecule has 2 heteroatoms. The van der Waals surface area contributed by atoms with Crippen molar-refractivity contribution in [2.24, 2.45) is 0 Å². The van der Waals surface area contributed by atoms with Gasteiger partial charge in [-0.25, -0.2) is 0 Å². The summed E-state index contributed by atoms with van der Waals surface area (Å²) in [6, 6.07) is 8.09. The third kappa shape index (κ3) is 2.15. The minimum Gasteiger partial charge on any atom is -0.490 e. The van der Waals surface area contributed by atoms with Gasteiger partial charge in [-0.15, -0.1) is 0 Å². The van der Waals surface area contributed by atoms with E-state index < -0.39 is 5.60 Å². The number of ether oxygens (including phenoxy) is 1. The molecule has 80 valence electrons. The molecule has 0 heterocycles. The van der Waals surface area contributed by atoms with Gasteiger partial charge in [0.1, 0.15) is 5.75 Å². The summed E-state index contributed by atoms with van der Waals surface area (Å²) in [5.74, 6) is 0.973. The Balaban J connectivity index is 1.78. The molecule has 0 aliphatic heterocycles. The smallest absolute Gasteiger partial charge is 0.123 e. The molecular weight excluding hydrogens is 188 g/mol. The van der Waals surface area contributed by atoms with Crippen molar-refractivity contribution >= 4 is 0 Å². The van der Waals surface area contributed by atoms with Gasteiger partial charge >= 0.3 is 0 Å². The Kier molecular flexibility index (Phi) is 1.99. The van der Waals surface area contributed by atoms with Crippen LogP contribution in [0.5, 0.6) is 5.75 Å². The first kappa shape index (κ1) is 9.22. The van der Waals surface area contributed by atoms with Crippen molar-refractivity contribution in [3.05, 3.63) is 29.8 Å². The van der Waals surface area contributed by atoms with Gasteiger partial charge in [0.15, 0.2) is 0 Å². The zero-order valence-corrected chi connectivity index (χ0v) is 8.78. The Morgan fingerprint density at radius 2 is 2.00 bits per heavy atom. The van der Waals surface area contributed by atoms with E-state index in [0.29, 0.717) is 6.10 Å². The summed E-state index contributed by atoms with van der Waals surface area (Å²) in [4.78, 5) is 0. The number of hydrogen-bond acceptors (Lipinski definition) is 2. The zero-order valence-electron chi connectivity index (χ0n) is 8.78. The normalized spacial score (nSPS) is 22.5. The van der Waals surface area contributed by atoms with Crippen LogP contribution in [0.3, 0.4) is 0 Å². The molecule has 0 spiro atoms. The topological polar surface area (TPSA) is 29.5 Å². The maximum Gasteiger partial charge on any atom is 0.123 e. The summed E-state index contributed by atoms with van der Waals surface area (Å²) in [5, 5.41) is 9.90. The predicted molar refractivity (Wildman–Crippen MR) is 58.0 cm³/mol. The Hall–Kier alpha value is -1.02. The average Bonchev–Trinajstić information content (AvgIpc) is 3.10. The van der Waals surface area contributed by atoms with Crippen LogP contribution in [0.1, 0.15) is 31.2 Å². The first-order valence-corrected chi connectivity index (χ1v) is 5.72. The van der Waals surface area contributed by atoms with Crippen LogP contribution in [-0.2, 0) is 6.42 Å². The maximum absolute atomic E-state index is 9.90. The third-order valence-corrected chi connectivity index (χ3v) is 3.14. The van der Waals surface area contributed by atoms with Gasteiger partial charge in [0.2, 0.25) is 0 Å². The van der Waals surface area contributed by atoms with Crippen molar-refractivity contribution in [1.29, 1.82) is 0 Å². The van der Waals surface area contributed by atoms with Crippen LogP contribution in [0.25, 0.3) is 0 Å². The molecule has 1 N–H and O–H groups in total. The van der Waals surface area contributed by atoms with E-state index in [0.717, 1.165) is 30.6 Å². The Morgan fingerprint density at radius 1 is 1.27 bits per heavy atom. The van der Waals surface area contributed by atoms with Gasteiger partial charge in [0.05, 0.1) is 11.7 Å². The molecule has 1 aromatic rings. The van der Waals surface area contributed by atoms with Crippen LogP contribution in [0.4, 0.5) is 0 Å². The number of aliphatic hydroxyl groups is 1. The van der Waals surface area contributed by atoms with E-state index in [4.69, 9.17) is 4.74 Å². The number of hydrogen-bond donors (Lipinski definition) is 1. The molecule has 1 aromatic carbocycles. The highest BCUT2D eigenvalue weighted by Crippen LogP contribution is 2.40.